The molecule has 1 rings (SSSR count). The third kappa shape index (κ3) is 3.38. The molecule has 16 heavy (non-hydrogen) atoms. The molecular weight excluding hydrogens is 214 g/mol. The van der Waals surface area contributed by atoms with Gasteiger partial charge in [0.25, 0.3) is 0 Å². The van der Waals surface area contributed by atoms with Crippen molar-refractivity contribution < 1.29 is 25.2 Å². The molecule has 1 heterocycles. The number of nitrogens with one attached hydrogen (secondary N) is 1. The zero-order valence-electron chi connectivity index (χ0n) is 9.58. The van der Waals surface area contributed by atoms with Crippen molar-refractivity contribution in [2.24, 2.45) is 5.92 Å². The molecule has 0 aromatic rings. The first kappa shape index (κ1) is 13.8. The van der Waals surface area contributed by atoms with Gasteiger partial charge in [-0.2, -0.15) is 0 Å². The third-order valence-corrected chi connectivity index (χ3v) is 2.59. The maximum Gasteiger partial charge on any atom is 0.184 e. The highest BCUT2D eigenvalue weighted by molar-refractivity contribution is 4.89. The molecule has 0 aromatic carbocycles. The van der Waals surface area contributed by atoms with Crippen LogP contribution in [-0.4, -0.2) is 64.2 Å². The average Bonchev–Trinajstić information content (AvgIpc) is 2.22. The molecule has 96 valence electrons. The van der Waals surface area contributed by atoms with Crippen molar-refractivity contribution in [1.82, 2.24) is 5.32 Å². The third-order valence-electron chi connectivity index (χ3n) is 2.59. The Balaban J connectivity index is 2.41. The van der Waals surface area contributed by atoms with Gasteiger partial charge in [-0.25, -0.2) is 0 Å². The molecule has 1 aliphatic heterocycles. The van der Waals surface area contributed by atoms with Crippen molar-refractivity contribution in [1.29, 1.82) is 0 Å². The predicted molar refractivity (Wildman–Crippen MR) is 56.6 cm³/mol. The van der Waals surface area contributed by atoms with Crippen LogP contribution >= 0.6 is 0 Å². The van der Waals surface area contributed by atoms with Crippen molar-refractivity contribution in [3.8, 4) is 0 Å². The second-order valence-electron chi connectivity index (χ2n) is 4.59. The highest BCUT2D eigenvalue weighted by Crippen LogP contribution is 2.19. The minimum atomic E-state index is -1.46. The van der Waals surface area contributed by atoms with E-state index < -0.39 is 30.7 Å². The van der Waals surface area contributed by atoms with Crippen LogP contribution in [0.25, 0.3) is 0 Å². The molecule has 5 atom stereocenters. The zero-order chi connectivity index (χ0) is 12.3. The molecule has 6 heteroatoms. The minimum Gasteiger partial charge on any atom is -0.388 e. The van der Waals surface area contributed by atoms with Crippen LogP contribution in [0.2, 0.25) is 0 Å². The van der Waals surface area contributed by atoms with E-state index >= 15 is 0 Å². The molecule has 0 amide bonds. The smallest absolute Gasteiger partial charge is 0.184 e. The van der Waals surface area contributed by atoms with Gasteiger partial charge in [0.1, 0.15) is 24.4 Å². The summed E-state index contributed by atoms with van der Waals surface area (Å²) in [6, 6.07) is 0. The number of rotatable bonds is 4. The van der Waals surface area contributed by atoms with Gasteiger partial charge in [0.15, 0.2) is 6.29 Å². The Morgan fingerprint density at radius 1 is 1.06 bits per heavy atom. The zero-order valence-corrected chi connectivity index (χ0v) is 9.58. The van der Waals surface area contributed by atoms with Crippen LogP contribution in [0.4, 0.5) is 0 Å². The molecule has 0 saturated carbocycles. The van der Waals surface area contributed by atoms with Crippen molar-refractivity contribution in [2.75, 3.05) is 13.1 Å². The number of hydrogen-bond acceptors (Lipinski definition) is 6. The fourth-order valence-electron chi connectivity index (χ4n) is 1.61. The monoisotopic (exact) mass is 235 g/mol. The first-order valence-corrected chi connectivity index (χ1v) is 5.52. The highest BCUT2D eigenvalue weighted by Gasteiger charge is 2.42. The lowest BCUT2D eigenvalue weighted by atomic mass is 9.99. The molecule has 0 bridgehead atoms. The van der Waals surface area contributed by atoms with E-state index in [0.29, 0.717) is 12.5 Å². The summed E-state index contributed by atoms with van der Waals surface area (Å²) in [5, 5.41) is 40.6. The quantitative estimate of drug-likeness (QED) is 0.387. The SMILES string of the molecule is CC(C)CNC[C@H]1OC(O)[C@H](O)[C@@H](O)[C@@H]1O. The van der Waals surface area contributed by atoms with Crippen LogP contribution < -0.4 is 5.32 Å². The van der Waals surface area contributed by atoms with Crippen molar-refractivity contribution in [2.45, 2.75) is 44.6 Å². The highest BCUT2D eigenvalue weighted by atomic mass is 16.6. The Morgan fingerprint density at radius 2 is 1.69 bits per heavy atom. The van der Waals surface area contributed by atoms with Gasteiger partial charge in [0, 0.05) is 6.54 Å². The Bertz CT molecular complexity index is 213. The topological polar surface area (TPSA) is 102 Å². The second-order valence-corrected chi connectivity index (χ2v) is 4.59. The Morgan fingerprint density at radius 3 is 2.25 bits per heavy atom. The van der Waals surface area contributed by atoms with Crippen LogP contribution in [-0.2, 0) is 4.74 Å². The molecule has 6 nitrogen and oxygen atoms in total. The summed E-state index contributed by atoms with van der Waals surface area (Å²) in [6.45, 7) is 5.15. The van der Waals surface area contributed by atoms with Gasteiger partial charge in [-0.1, -0.05) is 13.8 Å². The first-order valence-electron chi connectivity index (χ1n) is 5.52. The summed E-state index contributed by atoms with van der Waals surface area (Å²) in [7, 11) is 0. The summed E-state index contributed by atoms with van der Waals surface area (Å²) in [5.41, 5.74) is 0. The first-order chi connectivity index (χ1) is 7.43. The molecule has 1 unspecified atom stereocenters. The van der Waals surface area contributed by atoms with Crippen LogP contribution in [0, 0.1) is 5.92 Å². The summed E-state index contributed by atoms with van der Waals surface area (Å²) in [6.07, 6.45) is -6.21. The van der Waals surface area contributed by atoms with E-state index in [0.717, 1.165) is 6.54 Å². The molecule has 1 aliphatic rings. The van der Waals surface area contributed by atoms with Crippen LogP contribution in [0.3, 0.4) is 0 Å². The molecule has 1 saturated heterocycles. The summed E-state index contributed by atoms with van der Waals surface area (Å²) in [5.74, 6) is 0.459. The van der Waals surface area contributed by atoms with Gasteiger partial charge in [-0.15, -0.1) is 0 Å². The van der Waals surface area contributed by atoms with E-state index in [2.05, 4.69) is 5.32 Å². The Labute approximate surface area is 94.9 Å². The average molecular weight is 235 g/mol. The number of aliphatic hydroxyl groups excluding tert-OH is 4. The lowest BCUT2D eigenvalue weighted by molar-refractivity contribution is -0.280. The normalized spacial score (nSPS) is 40.3. The van der Waals surface area contributed by atoms with E-state index in [4.69, 9.17) is 4.74 Å². The van der Waals surface area contributed by atoms with Gasteiger partial charge >= 0.3 is 0 Å². The lowest BCUT2D eigenvalue weighted by Crippen LogP contribution is -2.59. The second kappa shape index (κ2) is 5.90. The van der Waals surface area contributed by atoms with Gasteiger partial charge in [0.05, 0.1) is 0 Å². The van der Waals surface area contributed by atoms with E-state index in [1.165, 1.54) is 0 Å². The standard InChI is InChI=1S/C10H21NO5/c1-5(2)3-11-4-6-7(12)8(13)9(14)10(15)16-6/h5-15H,3-4H2,1-2H3/t6-,7-,8+,9-,10?/m1/s1. The fourth-order valence-corrected chi connectivity index (χ4v) is 1.61. The van der Waals surface area contributed by atoms with Crippen molar-refractivity contribution >= 4 is 0 Å². The molecule has 0 aliphatic carbocycles. The maximum absolute atomic E-state index is 9.60. The molecule has 1 fully saturated rings. The van der Waals surface area contributed by atoms with E-state index in [1.807, 2.05) is 13.8 Å². The van der Waals surface area contributed by atoms with Crippen LogP contribution in [0.15, 0.2) is 0 Å². The summed E-state index contributed by atoms with van der Waals surface area (Å²) in [4.78, 5) is 0. The summed E-state index contributed by atoms with van der Waals surface area (Å²) < 4.78 is 5.00. The van der Waals surface area contributed by atoms with Crippen LogP contribution in [0.1, 0.15) is 13.8 Å². The Hall–Kier alpha value is -0.240. The van der Waals surface area contributed by atoms with E-state index in [9.17, 15) is 20.4 Å². The lowest BCUT2D eigenvalue weighted by Gasteiger charge is -2.38. The fraction of sp³-hybridized carbons (Fsp3) is 1.00. The molecule has 0 spiro atoms. The number of aliphatic hydroxyl groups is 4. The number of hydrogen-bond donors (Lipinski definition) is 5. The summed E-state index contributed by atoms with van der Waals surface area (Å²) >= 11 is 0. The van der Waals surface area contributed by atoms with E-state index in [1.54, 1.807) is 0 Å². The van der Waals surface area contributed by atoms with Crippen LogP contribution in [0.5, 0.6) is 0 Å². The van der Waals surface area contributed by atoms with Gasteiger partial charge in [-0.05, 0) is 12.5 Å². The van der Waals surface area contributed by atoms with E-state index in [-0.39, 0.29) is 0 Å². The number of ether oxygens (including phenoxy) is 1. The molecule has 0 aromatic heterocycles. The molecular formula is C10H21NO5. The largest absolute Gasteiger partial charge is 0.388 e. The predicted octanol–water partition coefficient (Wildman–Crippen LogP) is -1.97. The molecule has 0 radical (unpaired) electrons. The van der Waals surface area contributed by atoms with Crippen molar-refractivity contribution in [3.63, 3.8) is 0 Å². The van der Waals surface area contributed by atoms with Gasteiger partial charge in [0.2, 0.25) is 0 Å². The van der Waals surface area contributed by atoms with Gasteiger partial charge < -0.3 is 30.5 Å². The van der Waals surface area contributed by atoms with Gasteiger partial charge in [-0.3, -0.25) is 0 Å². The minimum absolute atomic E-state index is 0.320. The van der Waals surface area contributed by atoms with Crippen molar-refractivity contribution in [3.05, 3.63) is 0 Å². The molecule has 5 N–H and O–H groups in total. The maximum atomic E-state index is 9.60. The Kier molecular flexibility index (Phi) is 5.10.